The van der Waals surface area contributed by atoms with Crippen LogP contribution in [0.2, 0.25) is 0 Å². The first-order valence-electron chi connectivity index (χ1n) is 9.56. The lowest BCUT2D eigenvalue weighted by Gasteiger charge is -2.07. The summed E-state index contributed by atoms with van der Waals surface area (Å²) in [5, 5.41) is 5.23. The molecule has 1 aromatic heterocycles. The van der Waals surface area contributed by atoms with Gasteiger partial charge in [-0.25, -0.2) is 18.5 Å². The van der Waals surface area contributed by atoms with Crippen LogP contribution >= 0.6 is 0 Å². The Labute approximate surface area is 176 Å². The molecule has 0 bridgehead atoms. The van der Waals surface area contributed by atoms with Crippen LogP contribution in [0.25, 0.3) is 22.6 Å². The van der Waals surface area contributed by atoms with E-state index in [1.165, 1.54) is 12.1 Å². The fourth-order valence-electron chi connectivity index (χ4n) is 3.37. The molecular formula is C24H22N2O3S. The predicted octanol–water partition coefficient (Wildman–Crippen LogP) is 4.86. The number of primary sulfonamides is 1. The van der Waals surface area contributed by atoms with Crippen molar-refractivity contribution < 1.29 is 12.8 Å². The average molecular weight is 419 g/mol. The molecule has 0 aliphatic rings. The quantitative estimate of drug-likeness (QED) is 0.501. The van der Waals surface area contributed by atoms with Crippen molar-refractivity contribution in [1.29, 1.82) is 0 Å². The van der Waals surface area contributed by atoms with Crippen LogP contribution < -0.4 is 5.14 Å². The van der Waals surface area contributed by atoms with Gasteiger partial charge in [0.25, 0.3) is 0 Å². The third kappa shape index (κ3) is 4.20. The van der Waals surface area contributed by atoms with Crippen molar-refractivity contribution in [3.8, 4) is 22.6 Å². The first-order chi connectivity index (χ1) is 14.3. The molecule has 4 rings (SSSR count). The van der Waals surface area contributed by atoms with E-state index in [2.05, 4.69) is 18.2 Å². The summed E-state index contributed by atoms with van der Waals surface area (Å²) < 4.78 is 29.4. The van der Waals surface area contributed by atoms with Crippen molar-refractivity contribution in [3.05, 3.63) is 95.4 Å². The Bertz CT molecular complexity index is 1290. The molecule has 5 nitrogen and oxygen atoms in total. The van der Waals surface area contributed by atoms with Crippen LogP contribution in [0.5, 0.6) is 0 Å². The lowest BCUT2D eigenvalue weighted by Crippen LogP contribution is -2.11. The van der Waals surface area contributed by atoms with Crippen molar-refractivity contribution in [2.24, 2.45) is 5.14 Å². The Morgan fingerprint density at radius 2 is 1.63 bits per heavy atom. The van der Waals surface area contributed by atoms with Gasteiger partial charge in [0.15, 0.2) is 11.7 Å². The van der Waals surface area contributed by atoms with Crippen LogP contribution in [0.15, 0.2) is 82.1 Å². The normalized spacial score (nSPS) is 11.6. The van der Waals surface area contributed by atoms with Crippen molar-refractivity contribution in [1.82, 2.24) is 4.98 Å². The molecule has 2 N–H and O–H groups in total. The molecule has 0 saturated heterocycles. The summed E-state index contributed by atoms with van der Waals surface area (Å²) in [6.07, 6.45) is 0.563. The zero-order valence-corrected chi connectivity index (χ0v) is 17.6. The number of nitrogens with two attached hydrogens (primary N) is 1. The summed E-state index contributed by atoms with van der Waals surface area (Å²) >= 11 is 0. The van der Waals surface area contributed by atoms with Crippen LogP contribution in [-0.2, 0) is 16.4 Å². The largest absolute Gasteiger partial charge is 0.440 e. The number of aromatic nitrogens is 1. The molecule has 0 radical (unpaired) electrons. The van der Waals surface area contributed by atoms with E-state index < -0.39 is 10.0 Å². The van der Waals surface area contributed by atoms with Crippen LogP contribution in [0.1, 0.15) is 22.6 Å². The van der Waals surface area contributed by atoms with Gasteiger partial charge in [-0.3, -0.25) is 0 Å². The number of aryl methyl sites for hydroxylation is 2. The second kappa shape index (κ2) is 7.89. The Morgan fingerprint density at radius 3 is 2.30 bits per heavy atom. The highest BCUT2D eigenvalue weighted by Gasteiger charge is 2.19. The fourth-order valence-corrected chi connectivity index (χ4v) is 3.89. The van der Waals surface area contributed by atoms with Gasteiger partial charge in [0.05, 0.1) is 4.90 Å². The molecule has 0 saturated carbocycles. The lowest BCUT2D eigenvalue weighted by molar-refractivity contribution is 0.519. The zero-order chi connectivity index (χ0) is 21.3. The van der Waals surface area contributed by atoms with Crippen molar-refractivity contribution in [2.75, 3.05) is 0 Å². The van der Waals surface area contributed by atoms with E-state index in [1.807, 2.05) is 44.2 Å². The van der Waals surface area contributed by atoms with Crippen LogP contribution in [-0.4, -0.2) is 13.4 Å². The first-order valence-corrected chi connectivity index (χ1v) is 11.1. The standard InChI is InChI=1S/C24H22N2O3S/c1-16-8-9-17(2)21(14-16)24-23(19-10-12-20(13-11-19)30(25,27)28)26-22(29-24)15-18-6-4-3-5-7-18/h3-14H,15H2,1-2H3,(H2,25,27,28). The van der Waals surface area contributed by atoms with Crippen molar-refractivity contribution in [2.45, 2.75) is 25.2 Å². The van der Waals surface area contributed by atoms with E-state index >= 15 is 0 Å². The van der Waals surface area contributed by atoms with Gasteiger partial charge in [-0.2, -0.15) is 0 Å². The van der Waals surface area contributed by atoms with E-state index in [4.69, 9.17) is 14.5 Å². The number of hydrogen-bond donors (Lipinski definition) is 1. The number of sulfonamides is 1. The lowest BCUT2D eigenvalue weighted by atomic mass is 10.00. The van der Waals surface area contributed by atoms with Crippen molar-refractivity contribution in [3.63, 3.8) is 0 Å². The predicted molar refractivity (Wildman–Crippen MR) is 117 cm³/mol. The van der Waals surface area contributed by atoms with Gasteiger partial charge >= 0.3 is 0 Å². The monoisotopic (exact) mass is 418 g/mol. The maximum atomic E-state index is 11.6. The Hall–Kier alpha value is -3.22. The molecule has 0 atom stereocenters. The van der Waals surface area contributed by atoms with Gasteiger partial charge in [-0.05, 0) is 43.2 Å². The highest BCUT2D eigenvalue weighted by molar-refractivity contribution is 7.89. The molecule has 3 aromatic carbocycles. The number of benzene rings is 3. The molecular weight excluding hydrogens is 396 g/mol. The van der Waals surface area contributed by atoms with Gasteiger partial charge in [0.1, 0.15) is 5.69 Å². The molecule has 6 heteroatoms. The smallest absolute Gasteiger partial charge is 0.238 e. The van der Waals surface area contributed by atoms with E-state index in [0.717, 1.165) is 27.8 Å². The van der Waals surface area contributed by atoms with E-state index in [-0.39, 0.29) is 4.90 Å². The summed E-state index contributed by atoms with van der Waals surface area (Å²) in [6, 6.07) is 22.6. The van der Waals surface area contributed by atoms with Gasteiger partial charge < -0.3 is 4.42 Å². The maximum absolute atomic E-state index is 11.6. The Kier molecular flexibility index (Phi) is 5.28. The maximum Gasteiger partial charge on any atom is 0.238 e. The molecule has 0 amide bonds. The highest BCUT2D eigenvalue weighted by atomic mass is 32.2. The van der Waals surface area contributed by atoms with Gasteiger partial charge in [0, 0.05) is 17.5 Å². The SMILES string of the molecule is Cc1ccc(C)c(-c2oc(Cc3ccccc3)nc2-c2ccc(S(N)(=O)=O)cc2)c1. The van der Waals surface area contributed by atoms with E-state index in [1.54, 1.807) is 12.1 Å². The molecule has 0 aliphatic carbocycles. The molecule has 4 aromatic rings. The molecule has 30 heavy (non-hydrogen) atoms. The number of oxazole rings is 1. The van der Waals surface area contributed by atoms with Crippen LogP contribution in [0.3, 0.4) is 0 Å². The van der Waals surface area contributed by atoms with Crippen LogP contribution in [0, 0.1) is 13.8 Å². The summed E-state index contributed by atoms with van der Waals surface area (Å²) in [4.78, 5) is 4.83. The molecule has 0 aliphatic heterocycles. The third-order valence-electron chi connectivity index (χ3n) is 4.96. The van der Waals surface area contributed by atoms with Gasteiger partial charge in [0.2, 0.25) is 10.0 Å². The van der Waals surface area contributed by atoms with Gasteiger partial charge in [-0.15, -0.1) is 0 Å². The van der Waals surface area contributed by atoms with Crippen LogP contribution in [0.4, 0.5) is 0 Å². The third-order valence-corrected chi connectivity index (χ3v) is 5.89. The summed E-state index contributed by atoms with van der Waals surface area (Å²) in [5.74, 6) is 1.27. The first kappa shape index (κ1) is 20.1. The molecule has 152 valence electrons. The van der Waals surface area contributed by atoms with Crippen molar-refractivity contribution >= 4 is 10.0 Å². The Balaban J connectivity index is 1.84. The minimum Gasteiger partial charge on any atom is -0.440 e. The fraction of sp³-hybridized carbons (Fsp3) is 0.125. The second-order valence-corrected chi connectivity index (χ2v) is 8.90. The minimum absolute atomic E-state index is 0.0625. The van der Waals surface area contributed by atoms with Gasteiger partial charge in [-0.1, -0.05) is 60.2 Å². The number of hydrogen-bond acceptors (Lipinski definition) is 4. The molecule has 0 fully saturated rings. The highest BCUT2D eigenvalue weighted by Crippen LogP contribution is 2.35. The minimum atomic E-state index is -3.76. The Morgan fingerprint density at radius 1 is 0.933 bits per heavy atom. The summed E-state index contributed by atoms with van der Waals surface area (Å²) in [7, 11) is -3.76. The topological polar surface area (TPSA) is 86.2 Å². The number of nitrogens with zero attached hydrogens (tertiary/aromatic N) is 1. The molecule has 1 heterocycles. The number of rotatable bonds is 5. The van der Waals surface area contributed by atoms with E-state index in [9.17, 15) is 8.42 Å². The second-order valence-electron chi connectivity index (χ2n) is 7.34. The zero-order valence-electron chi connectivity index (χ0n) is 16.8. The molecule has 0 spiro atoms. The van der Waals surface area contributed by atoms with E-state index in [0.29, 0.717) is 23.8 Å². The average Bonchev–Trinajstić information content (AvgIpc) is 3.13. The summed E-state index contributed by atoms with van der Waals surface area (Å²) in [6.45, 7) is 4.06. The molecule has 0 unspecified atom stereocenters. The summed E-state index contributed by atoms with van der Waals surface area (Å²) in [5.41, 5.74) is 5.70.